The molecule has 0 radical (unpaired) electrons. The molecular formula is C9H14N4O4S. The molecule has 1 aliphatic heterocycles. The zero-order valence-electron chi connectivity index (χ0n) is 9.84. The van der Waals surface area contributed by atoms with Crippen molar-refractivity contribution in [2.24, 2.45) is 0 Å². The second-order valence-electron chi connectivity index (χ2n) is 4.21. The molecule has 1 unspecified atom stereocenters. The molecule has 2 N–H and O–H groups in total. The molecule has 0 bridgehead atoms. The Morgan fingerprint density at radius 1 is 1.56 bits per heavy atom. The number of hydrogen-bond acceptors (Lipinski definition) is 7. The molecule has 2 rings (SSSR count). The van der Waals surface area contributed by atoms with Crippen LogP contribution in [-0.4, -0.2) is 43.1 Å². The highest BCUT2D eigenvalue weighted by atomic mass is 32.2. The molecule has 0 saturated carbocycles. The van der Waals surface area contributed by atoms with Crippen molar-refractivity contribution in [3.8, 4) is 0 Å². The van der Waals surface area contributed by atoms with Crippen molar-refractivity contribution in [1.29, 1.82) is 0 Å². The molecule has 1 aromatic rings. The lowest BCUT2D eigenvalue weighted by molar-refractivity contribution is -0.114. The number of rotatable bonds is 4. The van der Waals surface area contributed by atoms with E-state index in [2.05, 4.69) is 20.8 Å². The van der Waals surface area contributed by atoms with Gasteiger partial charge in [-0.15, -0.1) is 5.10 Å². The number of carbonyl (C=O) groups excluding carboxylic acids is 1. The summed E-state index contributed by atoms with van der Waals surface area (Å²) in [7, 11) is -3.37. The van der Waals surface area contributed by atoms with Gasteiger partial charge in [-0.1, -0.05) is 5.10 Å². The van der Waals surface area contributed by atoms with E-state index in [0.29, 0.717) is 5.89 Å². The first-order chi connectivity index (χ1) is 8.44. The van der Waals surface area contributed by atoms with Crippen LogP contribution in [0.25, 0.3) is 0 Å². The van der Waals surface area contributed by atoms with Crippen molar-refractivity contribution in [3.63, 3.8) is 0 Å². The summed E-state index contributed by atoms with van der Waals surface area (Å²) < 4.78 is 27.1. The third-order valence-corrected chi connectivity index (χ3v) is 3.23. The molecule has 1 aromatic heterocycles. The smallest absolute Gasteiger partial charge is 0.322 e. The van der Waals surface area contributed by atoms with Crippen molar-refractivity contribution >= 4 is 21.8 Å². The summed E-state index contributed by atoms with van der Waals surface area (Å²) in [6, 6.07) is -0.0644. The Bertz CT molecular complexity index is 533. The third-order valence-electron chi connectivity index (χ3n) is 2.44. The van der Waals surface area contributed by atoms with Gasteiger partial charge in [0.05, 0.1) is 6.04 Å². The van der Waals surface area contributed by atoms with E-state index >= 15 is 0 Å². The van der Waals surface area contributed by atoms with Gasteiger partial charge in [0, 0.05) is 6.26 Å². The molecule has 0 spiro atoms. The van der Waals surface area contributed by atoms with Crippen molar-refractivity contribution in [2.45, 2.75) is 18.9 Å². The van der Waals surface area contributed by atoms with Gasteiger partial charge in [-0.25, -0.2) is 8.42 Å². The zero-order chi connectivity index (χ0) is 13.2. The fourth-order valence-corrected chi connectivity index (χ4v) is 2.26. The zero-order valence-corrected chi connectivity index (χ0v) is 10.7. The Morgan fingerprint density at radius 3 is 2.94 bits per heavy atom. The molecule has 1 amide bonds. The summed E-state index contributed by atoms with van der Waals surface area (Å²) in [5.74, 6) is -0.888. The minimum absolute atomic E-state index is 0.0121. The molecule has 100 valence electrons. The number of anilines is 1. The molecule has 1 saturated heterocycles. The van der Waals surface area contributed by atoms with Crippen molar-refractivity contribution < 1.29 is 17.6 Å². The average Bonchev–Trinajstić information content (AvgIpc) is 2.82. The second-order valence-corrected chi connectivity index (χ2v) is 6.35. The fraction of sp³-hybridized carbons (Fsp3) is 0.667. The van der Waals surface area contributed by atoms with Crippen LogP contribution in [0.1, 0.15) is 24.8 Å². The maximum atomic E-state index is 11.3. The Hall–Kier alpha value is -1.48. The van der Waals surface area contributed by atoms with E-state index in [1.54, 1.807) is 0 Å². The number of nitrogens with one attached hydrogen (secondary N) is 2. The van der Waals surface area contributed by atoms with Crippen LogP contribution in [0.15, 0.2) is 4.42 Å². The van der Waals surface area contributed by atoms with Crippen LogP contribution in [-0.2, 0) is 14.6 Å². The maximum absolute atomic E-state index is 11.3. The molecule has 9 heteroatoms. The average molecular weight is 274 g/mol. The lowest BCUT2D eigenvalue weighted by Crippen LogP contribution is -2.22. The number of carbonyl (C=O) groups is 1. The summed E-state index contributed by atoms with van der Waals surface area (Å²) in [5.41, 5.74) is 0. The Balaban J connectivity index is 1.96. The summed E-state index contributed by atoms with van der Waals surface area (Å²) >= 11 is 0. The van der Waals surface area contributed by atoms with E-state index in [9.17, 15) is 13.2 Å². The van der Waals surface area contributed by atoms with Gasteiger partial charge in [-0.2, -0.15) is 0 Å². The normalized spacial score (nSPS) is 19.9. The van der Waals surface area contributed by atoms with E-state index in [1.807, 2.05) is 0 Å². The molecule has 1 aliphatic rings. The highest BCUT2D eigenvalue weighted by molar-refractivity contribution is 7.91. The molecule has 18 heavy (non-hydrogen) atoms. The first-order valence-corrected chi connectivity index (χ1v) is 7.54. The van der Waals surface area contributed by atoms with E-state index in [4.69, 9.17) is 4.42 Å². The Kier molecular flexibility index (Phi) is 3.62. The molecule has 0 aromatic carbocycles. The topological polar surface area (TPSA) is 114 Å². The lowest BCUT2D eigenvalue weighted by atomic mass is 10.2. The number of sulfone groups is 1. The van der Waals surface area contributed by atoms with Gasteiger partial charge in [-0.05, 0) is 19.4 Å². The Labute approximate surface area is 104 Å². The summed E-state index contributed by atoms with van der Waals surface area (Å²) in [5, 5.41) is 12.9. The van der Waals surface area contributed by atoms with E-state index in [0.717, 1.165) is 25.6 Å². The minimum atomic E-state index is -3.37. The van der Waals surface area contributed by atoms with Crippen LogP contribution in [0, 0.1) is 0 Å². The van der Waals surface area contributed by atoms with Crippen molar-refractivity contribution in [2.75, 3.05) is 23.9 Å². The predicted octanol–water partition coefficient (Wildman–Crippen LogP) is -0.523. The summed E-state index contributed by atoms with van der Waals surface area (Å²) in [6.07, 6.45) is 2.91. The van der Waals surface area contributed by atoms with Gasteiger partial charge in [0.25, 0.3) is 0 Å². The minimum Gasteiger partial charge on any atom is -0.406 e. The van der Waals surface area contributed by atoms with Crippen LogP contribution in [0.4, 0.5) is 6.01 Å². The van der Waals surface area contributed by atoms with Gasteiger partial charge in [0.15, 0.2) is 9.84 Å². The quantitative estimate of drug-likeness (QED) is 0.759. The fourth-order valence-electron chi connectivity index (χ4n) is 1.71. The van der Waals surface area contributed by atoms with Crippen LogP contribution in [0.2, 0.25) is 0 Å². The second kappa shape index (κ2) is 5.02. The van der Waals surface area contributed by atoms with Crippen molar-refractivity contribution in [1.82, 2.24) is 15.5 Å². The van der Waals surface area contributed by atoms with Gasteiger partial charge >= 0.3 is 6.01 Å². The van der Waals surface area contributed by atoms with E-state index in [1.165, 1.54) is 0 Å². The van der Waals surface area contributed by atoms with E-state index < -0.39 is 21.5 Å². The van der Waals surface area contributed by atoms with Gasteiger partial charge in [0.2, 0.25) is 11.8 Å². The molecule has 8 nitrogen and oxygen atoms in total. The maximum Gasteiger partial charge on any atom is 0.322 e. The first-order valence-electron chi connectivity index (χ1n) is 5.48. The largest absolute Gasteiger partial charge is 0.406 e. The van der Waals surface area contributed by atoms with Gasteiger partial charge in [-0.3, -0.25) is 10.1 Å². The molecule has 1 fully saturated rings. The summed E-state index contributed by atoms with van der Waals surface area (Å²) in [6.45, 7) is 0.892. The predicted molar refractivity (Wildman–Crippen MR) is 62.6 cm³/mol. The molecule has 2 heterocycles. The van der Waals surface area contributed by atoms with Gasteiger partial charge in [0.1, 0.15) is 5.75 Å². The lowest BCUT2D eigenvalue weighted by Gasteiger charge is -2.02. The number of hydrogen-bond donors (Lipinski definition) is 2. The van der Waals surface area contributed by atoms with Gasteiger partial charge < -0.3 is 9.73 Å². The summed E-state index contributed by atoms with van der Waals surface area (Å²) in [4.78, 5) is 11.3. The highest BCUT2D eigenvalue weighted by Gasteiger charge is 2.22. The monoisotopic (exact) mass is 274 g/mol. The SMILES string of the molecule is CS(=O)(=O)CC(=O)Nc1nnc(C2CCCN2)o1. The highest BCUT2D eigenvalue weighted by Crippen LogP contribution is 2.22. The van der Waals surface area contributed by atoms with Crippen LogP contribution in [0.3, 0.4) is 0 Å². The Morgan fingerprint density at radius 2 is 2.33 bits per heavy atom. The number of aromatic nitrogens is 2. The molecule has 0 aliphatic carbocycles. The number of amides is 1. The van der Waals surface area contributed by atoms with Crippen LogP contribution >= 0.6 is 0 Å². The molecular weight excluding hydrogens is 260 g/mol. The number of nitrogens with zero attached hydrogens (tertiary/aromatic N) is 2. The van der Waals surface area contributed by atoms with Crippen molar-refractivity contribution in [3.05, 3.63) is 5.89 Å². The van der Waals surface area contributed by atoms with Crippen LogP contribution < -0.4 is 10.6 Å². The third kappa shape index (κ3) is 3.50. The molecule has 1 atom stereocenters. The standard InChI is InChI=1S/C9H14N4O4S/c1-18(15,16)5-7(14)11-9-13-12-8(17-9)6-3-2-4-10-6/h6,10H,2-5H2,1H3,(H,11,13,14). The van der Waals surface area contributed by atoms with Crippen LogP contribution in [0.5, 0.6) is 0 Å². The van der Waals surface area contributed by atoms with E-state index in [-0.39, 0.29) is 12.1 Å². The first kappa shape index (κ1) is 13.0.